The number of benzene rings is 2. The van der Waals surface area contributed by atoms with E-state index in [0.717, 1.165) is 18.4 Å². The highest BCUT2D eigenvalue weighted by molar-refractivity contribution is 6.11. The number of phenolic OH excluding ortho intramolecular Hbond substituents is 1. The molecule has 1 aliphatic rings. The molecule has 0 heterocycles. The summed E-state index contributed by atoms with van der Waals surface area (Å²) in [4.78, 5) is 13.0. The first-order chi connectivity index (χ1) is 12.9. The number of ether oxygens (including phenoxy) is 1. The van der Waals surface area contributed by atoms with Crippen LogP contribution in [0.25, 0.3) is 0 Å². The Hall–Kier alpha value is -2.29. The summed E-state index contributed by atoms with van der Waals surface area (Å²) in [5.74, 6) is 2.41. The van der Waals surface area contributed by atoms with Gasteiger partial charge in [-0.25, -0.2) is 0 Å². The minimum Gasteiger partial charge on any atom is -0.507 e. The summed E-state index contributed by atoms with van der Waals surface area (Å²) in [6.07, 6.45) is 3.36. The van der Waals surface area contributed by atoms with Crippen molar-refractivity contribution < 1.29 is 14.6 Å². The first kappa shape index (κ1) is 19.5. The summed E-state index contributed by atoms with van der Waals surface area (Å²) in [5, 5.41) is 11.2. The molecule has 0 spiro atoms. The predicted molar refractivity (Wildman–Crippen MR) is 109 cm³/mol. The van der Waals surface area contributed by atoms with E-state index >= 15 is 0 Å². The molecule has 144 valence electrons. The summed E-state index contributed by atoms with van der Waals surface area (Å²) < 4.78 is 5.61. The van der Waals surface area contributed by atoms with Gasteiger partial charge in [-0.2, -0.15) is 0 Å². The van der Waals surface area contributed by atoms with Gasteiger partial charge in [0, 0.05) is 11.1 Å². The van der Waals surface area contributed by atoms with Crippen LogP contribution in [-0.2, 0) is 0 Å². The molecular formula is C24H30O3. The zero-order valence-electron chi connectivity index (χ0n) is 16.7. The molecule has 3 rings (SSSR count). The monoisotopic (exact) mass is 366 g/mol. The highest BCUT2D eigenvalue weighted by Gasteiger charge is 2.36. The molecule has 0 bridgehead atoms. The Kier molecular flexibility index (Phi) is 5.88. The number of phenols is 1. The van der Waals surface area contributed by atoms with E-state index in [-0.39, 0.29) is 17.5 Å². The van der Waals surface area contributed by atoms with Gasteiger partial charge in [0.2, 0.25) is 0 Å². The van der Waals surface area contributed by atoms with Crippen molar-refractivity contribution in [2.45, 2.75) is 46.0 Å². The number of carbonyl (C=O) groups excluding carboxylic acids is 1. The third kappa shape index (κ3) is 3.87. The van der Waals surface area contributed by atoms with Crippen molar-refractivity contribution in [3.63, 3.8) is 0 Å². The lowest BCUT2D eigenvalue weighted by atomic mass is 9.67. The van der Waals surface area contributed by atoms with Crippen molar-refractivity contribution in [1.29, 1.82) is 0 Å². The molecule has 3 heteroatoms. The lowest BCUT2D eigenvalue weighted by molar-refractivity contribution is 0.103. The fraction of sp³-hybridized carbons (Fsp3) is 0.458. The zero-order chi connectivity index (χ0) is 19.6. The second-order valence-electron chi connectivity index (χ2n) is 8.21. The normalized spacial score (nSPS) is 22.6. The van der Waals surface area contributed by atoms with Gasteiger partial charge in [0.15, 0.2) is 5.78 Å². The molecule has 0 saturated heterocycles. The van der Waals surface area contributed by atoms with Gasteiger partial charge in [0.1, 0.15) is 11.5 Å². The van der Waals surface area contributed by atoms with Crippen LogP contribution in [0.2, 0.25) is 0 Å². The lowest BCUT2D eigenvalue weighted by Gasteiger charge is -2.38. The molecule has 2 aromatic carbocycles. The molecule has 0 aromatic heterocycles. The standard InChI is InChI=1S/C24H30O3/c1-15(2)18-11-10-16(3)14-20(18)22-21(27-4)13-12-19(24(22)26)23(25)17-8-6-5-7-9-17/h5-9,12-13,15-16,18,20,26H,10-11,14H2,1-4H3. The average Bonchev–Trinajstić information content (AvgIpc) is 2.67. The highest BCUT2D eigenvalue weighted by Crippen LogP contribution is 2.50. The Bertz CT molecular complexity index is 795. The van der Waals surface area contributed by atoms with Crippen LogP contribution in [0.15, 0.2) is 42.5 Å². The summed E-state index contributed by atoms with van der Waals surface area (Å²) in [7, 11) is 1.63. The molecule has 0 amide bonds. The van der Waals surface area contributed by atoms with Crippen LogP contribution in [0.4, 0.5) is 0 Å². The lowest BCUT2D eigenvalue weighted by Crippen LogP contribution is -2.26. The molecule has 2 aromatic rings. The van der Waals surface area contributed by atoms with E-state index in [4.69, 9.17) is 4.74 Å². The second kappa shape index (κ2) is 8.16. The molecule has 3 atom stereocenters. The van der Waals surface area contributed by atoms with E-state index in [1.165, 1.54) is 6.42 Å². The molecule has 0 aliphatic heterocycles. The van der Waals surface area contributed by atoms with Crippen LogP contribution in [-0.4, -0.2) is 18.0 Å². The van der Waals surface area contributed by atoms with E-state index in [0.29, 0.717) is 34.6 Å². The van der Waals surface area contributed by atoms with Crippen molar-refractivity contribution >= 4 is 5.78 Å². The number of hydrogen-bond acceptors (Lipinski definition) is 3. The number of aromatic hydroxyl groups is 1. The van der Waals surface area contributed by atoms with Crippen LogP contribution in [0.5, 0.6) is 11.5 Å². The van der Waals surface area contributed by atoms with E-state index in [2.05, 4.69) is 20.8 Å². The average molecular weight is 367 g/mol. The highest BCUT2D eigenvalue weighted by atomic mass is 16.5. The van der Waals surface area contributed by atoms with Gasteiger partial charge >= 0.3 is 0 Å². The van der Waals surface area contributed by atoms with Crippen molar-refractivity contribution in [2.24, 2.45) is 17.8 Å². The molecular weight excluding hydrogens is 336 g/mol. The smallest absolute Gasteiger partial charge is 0.196 e. The summed E-state index contributed by atoms with van der Waals surface area (Å²) in [6, 6.07) is 12.6. The first-order valence-electron chi connectivity index (χ1n) is 9.93. The topological polar surface area (TPSA) is 46.5 Å². The van der Waals surface area contributed by atoms with Gasteiger partial charge < -0.3 is 9.84 Å². The van der Waals surface area contributed by atoms with Crippen LogP contribution < -0.4 is 4.74 Å². The maximum Gasteiger partial charge on any atom is 0.196 e. The van der Waals surface area contributed by atoms with Crippen molar-refractivity contribution in [3.05, 3.63) is 59.2 Å². The molecule has 1 aliphatic carbocycles. The van der Waals surface area contributed by atoms with Crippen molar-refractivity contribution in [2.75, 3.05) is 7.11 Å². The van der Waals surface area contributed by atoms with Gasteiger partial charge in [-0.05, 0) is 48.6 Å². The number of carbonyl (C=O) groups is 1. The van der Waals surface area contributed by atoms with E-state index < -0.39 is 0 Å². The second-order valence-corrected chi connectivity index (χ2v) is 8.21. The van der Waals surface area contributed by atoms with Crippen LogP contribution in [0.3, 0.4) is 0 Å². The maximum atomic E-state index is 13.0. The predicted octanol–water partition coefficient (Wildman–Crippen LogP) is 5.81. The minimum atomic E-state index is -0.151. The Morgan fingerprint density at radius 3 is 2.44 bits per heavy atom. The molecule has 27 heavy (non-hydrogen) atoms. The number of ketones is 1. The number of hydrogen-bond donors (Lipinski definition) is 1. The van der Waals surface area contributed by atoms with Crippen LogP contribution in [0, 0.1) is 17.8 Å². The Morgan fingerprint density at radius 2 is 1.81 bits per heavy atom. The Morgan fingerprint density at radius 1 is 1.11 bits per heavy atom. The van der Waals surface area contributed by atoms with Gasteiger partial charge in [-0.1, -0.05) is 57.5 Å². The number of methoxy groups -OCH3 is 1. The quantitative estimate of drug-likeness (QED) is 0.680. The maximum absolute atomic E-state index is 13.0. The van der Waals surface area contributed by atoms with Crippen molar-refractivity contribution in [3.8, 4) is 11.5 Å². The zero-order valence-corrected chi connectivity index (χ0v) is 16.7. The van der Waals surface area contributed by atoms with E-state index in [9.17, 15) is 9.90 Å². The molecule has 3 nitrogen and oxygen atoms in total. The van der Waals surface area contributed by atoms with Gasteiger partial charge in [-0.15, -0.1) is 0 Å². The minimum absolute atomic E-state index is 0.0907. The Balaban J connectivity index is 2.09. The van der Waals surface area contributed by atoms with Gasteiger partial charge in [-0.3, -0.25) is 4.79 Å². The fourth-order valence-electron chi connectivity index (χ4n) is 4.59. The van der Waals surface area contributed by atoms with E-state index in [1.54, 1.807) is 25.3 Å². The third-order valence-electron chi connectivity index (χ3n) is 6.07. The molecule has 1 fully saturated rings. The fourth-order valence-corrected chi connectivity index (χ4v) is 4.59. The number of rotatable bonds is 5. The third-order valence-corrected chi connectivity index (χ3v) is 6.07. The molecule has 3 unspecified atom stereocenters. The first-order valence-corrected chi connectivity index (χ1v) is 9.93. The molecule has 1 N–H and O–H groups in total. The van der Waals surface area contributed by atoms with Crippen LogP contribution in [0.1, 0.15) is 67.4 Å². The molecule has 0 radical (unpaired) electrons. The largest absolute Gasteiger partial charge is 0.507 e. The Labute approximate surface area is 162 Å². The molecule has 1 saturated carbocycles. The summed E-state index contributed by atoms with van der Waals surface area (Å²) in [5.41, 5.74) is 1.75. The van der Waals surface area contributed by atoms with Gasteiger partial charge in [0.05, 0.1) is 12.7 Å². The summed E-state index contributed by atoms with van der Waals surface area (Å²) >= 11 is 0. The van der Waals surface area contributed by atoms with E-state index in [1.807, 2.05) is 24.3 Å². The van der Waals surface area contributed by atoms with Crippen LogP contribution >= 0.6 is 0 Å². The van der Waals surface area contributed by atoms with Crippen molar-refractivity contribution in [1.82, 2.24) is 0 Å². The van der Waals surface area contributed by atoms with Gasteiger partial charge in [0.25, 0.3) is 0 Å². The summed E-state index contributed by atoms with van der Waals surface area (Å²) in [6.45, 7) is 6.76. The SMILES string of the molecule is COc1ccc(C(=O)c2ccccc2)c(O)c1C1CC(C)CCC1C(C)C.